The fraction of sp³-hybridized carbons (Fsp3) is 0.238. The van der Waals surface area contributed by atoms with Gasteiger partial charge in [0.05, 0.1) is 6.04 Å². The second-order valence-electron chi connectivity index (χ2n) is 12.9. The van der Waals surface area contributed by atoms with E-state index < -0.39 is 0 Å². The number of anilines is 1. The van der Waals surface area contributed by atoms with Crippen LogP contribution in [0.15, 0.2) is 114 Å². The zero-order valence-electron chi connectivity index (χ0n) is 24.7. The van der Waals surface area contributed by atoms with E-state index in [-0.39, 0.29) is 0 Å². The van der Waals surface area contributed by atoms with Gasteiger partial charge in [0, 0.05) is 17.3 Å². The zero-order chi connectivity index (χ0) is 28.3. The van der Waals surface area contributed by atoms with Crippen molar-refractivity contribution in [2.45, 2.75) is 57.4 Å². The molecule has 1 aliphatic heterocycles. The molecule has 43 heavy (non-hydrogen) atoms. The molecule has 0 saturated carbocycles. The van der Waals surface area contributed by atoms with E-state index in [0.717, 1.165) is 25.7 Å². The first-order valence-corrected chi connectivity index (χ1v) is 16.3. The van der Waals surface area contributed by atoms with Crippen molar-refractivity contribution in [1.82, 2.24) is 0 Å². The highest BCUT2D eigenvalue weighted by atomic mass is 15.2. The summed E-state index contributed by atoms with van der Waals surface area (Å²) in [6.07, 6.45) is 26.7. The van der Waals surface area contributed by atoms with Crippen LogP contribution in [0.25, 0.3) is 39.6 Å². The van der Waals surface area contributed by atoms with Gasteiger partial charge in [-0.15, -0.1) is 0 Å². The van der Waals surface area contributed by atoms with Gasteiger partial charge in [-0.2, -0.15) is 0 Å². The third-order valence-electron chi connectivity index (χ3n) is 10.6. The summed E-state index contributed by atoms with van der Waals surface area (Å²) < 4.78 is 0. The minimum absolute atomic E-state index is 0.365. The predicted molar refractivity (Wildman–Crippen MR) is 183 cm³/mol. The van der Waals surface area contributed by atoms with E-state index in [4.69, 9.17) is 0 Å². The molecule has 1 nitrogen and oxygen atoms in total. The molecule has 2 unspecified atom stereocenters. The van der Waals surface area contributed by atoms with E-state index in [2.05, 4.69) is 120 Å². The summed E-state index contributed by atoms with van der Waals surface area (Å²) in [7, 11) is 0. The molecule has 210 valence electrons. The fourth-order valence-corrected chi connectivity index (χ4v) is 8.55. The number of allylic oxidation sites excluding steroid dienone is 5. The van der Waals surface area contributed by atoms with Crippen LogP contribution in [0.5, 0.6) is 0 Å². The second kappa shape index (κ2) is 10.1. The van der Waals surface area contributed by atoms with Gasteiger partial charge in [0.1, 0.15) is 0 Å². The smallest absolute Gasteiger partial charge is 0.0623 e. The maximum Gasteiger partial charge on any atom is 0.0623 e. The van der Waals surface area contributed by atoms with Crippen molar-refractivity contribution in [3.8, 4) is 11.1 Å². The van der Waals surface area contributed by atoms with Crippen molar-refractivity contribution >= 4 is 34.2 Å². The Balaban J connectivity index is 1.10. The summed E-state index contributed by atoms with van der Waals surface area (Å²) in [5.41, 5.74) is 16.0. The van der Waals surface area contributed by atoms with Crippen LogP contribution in [0, 0.1) is 5.92 Å². The zero-order valence-corrected chi connectivity index (χ0v) is 24.7. The minimum atomic E-state index is 0.365. The average Bonchev–Trinajstić information content (AvgIpc) is 3.42. The Labute approximate surface area is 255 Å². The van der Waals surface area contributed by atoms with Crippen LogP contribution >= 0.6 is 0 Å². The monoisotopic (exact) mass is 555 g/mol. The summed E-state index contributed by atoms with van der Waals surface area (Å²) in [4.78, 5) is 2.67. The van der Waals surface area contributed by atoms with Gasteiger partial charge >= 0.3 is 0 Å². The largest absolute Gasteiger partial charge is 0.337 e. The van der Waals surface area contributed by atoms with Crippen molar-refractivity contribution in [3.05, 3.63) is 142 Å². The van der Waals surface area contributed by atoms with E-state index in [0.29, 0.717) is 12.0 Å². The second-order valence-corrected chi connectivity index (χ2v) is 12.9. The van der Waals surface area contributed by atoms with Crippen molar-refractivity contribution in [2.75, 3.05) is 4.90 Å². The van der Waals surface area contributed by atoms with Gasteiger partial charge in [0.2, 0.25) is 0 Å². The Hall–Kier alpha value is -4.36. The number of aryl methyl sites for hydroxylation is 1. The lowest BCUT2D eigenvalue weighted by Gasteiger charge is -2.32. The van der Waals surface area contributed by atoms with Crippen molar-refractivity contribution in [2.24, 2.45) is 5.92 Å². The van der Waals surface area contributed by atoms with Gasteiger partial charge in [-0.1, -0.05) is 97.1 Å². The summed E-state index contributed by atoms with van der Waals surface area (Å²) in [5, 5.41) is 2.90. The van der Waals surface area contributed by atoms with Crippen molar-refractivity contribution < 1.29 is 0 Å². The maximum absolute atomic E-state index is 2.67. The molecule has 4 aromatic rings. The highest BCUT2D eigenvalue weighted by Crippen LogP contribution is 2.48. The van der Waals surface area contributed by atoms with E-state index >= 15 is 0 Å². The van der Waals surface area contributed by atoms with Crippen LogP contribution in [0.1, 0.15) is 66.3 Å². The normalized spacial score (nSPS) is 21.9. The molecule has 0 radical (unpaired) electrons. The molecule has 0 aromatic heterocycles. The molecule has 0 bridgehead atoms. The molecular weight excluding hydrogens is 518 g/mol. The number of benzene rings is 4. The lowest BCUT2D eigenvalue weighted by molar-refractivity contribution is 0.635. The third-order valence-corrected chi connectivity index (χ3v) is 10.6. The molecule has 0 amide bonds. The molecule has 4 aromatic carbocycles. The number of nitrogens with zero attached hydrogens (tertiary/aromatic N) is 1. The molecule has 0 N–H and O–H groups in total. The molecule has 1 heteroatoms. The molecule has 0 saturated heterocycles. The molecule has 4 aliphatic carbocycles. The highest BCUT2D eigenvalue weighted by molar-refractivity contribution is 6.00. The quantitative estimate of drug-likeness (QED) is 0.243. The lowest BCUT2D eigenvalue weighted by atomic mass is 9.79. The van der Waals surface area contributed by atoms with Crippen LogP contribution in [0.4, 0.5) is 5.69 Å². The standard InChI is InChI=1S/C42H37N/c1-2-10-28(11-3-1)29-18-22-32(23-19-29)43-41-17-9-8-16-38(41)40-27-31(21-25-42(40)43)30-20-24-37-35-14-5-4-12-33(35)34-13-6-7-15-36(34)39(37)26-30/h1-4,7,10-12,15,18-27,40,42H,5-6,8-9,13-14,16-17H2. The first-order valence-electron chi connectivity index (χ1n) is 16.3. The number of hydrogen-bond donors (Lipinski definition) is 0. The van der Waals surface area contributed by atoms with Crippen molar-refractivity contribution in [3.63, 3.8) is 0 Å². The van der Waals surface area contributed by atoms with Crippen LogP contribution in [0.3, 0.4) is 0 Å². The Kier molecular flexibility index (Phi) is 5.93. The topological polar surface area (TPSA) is 3.24 Å². The number of rotatable bonds is 3. The van der Waals surface area contributed by atoms with Crippen LogP contribution in [0.2, 0.25) is 0 Å². The Morgan fingerprint density at radius 1 is 0.605 bits per heavy atom. The SMILES string of the molecule is C1=Cc2c(c3c(c4ccc(C5=CC6C7=C(CCCC7)N(c7ccc(-c8ccccc8)cc7)C6C=C5)cc24)CCC=C3)CC1. The average molecular weight is 556 g/mol. The van der Waals surface area contributed by atoms with Gasteiger partial charge in [-0.3, -0.25) is 0 Å². The van der Waals surface area contributed by atoms with E-state index in [1.807, 2.05) is 0 Å². The Morgan fingerprint density at radius 3 is 2.21 bits per heavy atom. The van der Waals surface area contributed by atoms with Crippen molar-refractivity contribution in [1.29, 1.82) is 0 Å². The van der Waals surface area contributed by atoms with Gasteiger partial charge in [0.25, 0.3) is 0 Å². The fourth-order valence-electron chi connectivity index (χ4n) is 8.55. The van der Waals surface area contributed by atoms with Crippen LogP contribution in [-0.2, 0) is 12.8 Å². The highest BCUT2D eigenvalue weighted by Gasteiger charge is 2.40. The number of fused-ring (bicyclic) bond motifs is 8. The first-order chi connectivity index (χ1) is 21.3. The predicted octanol–water partition coefficient (Wildman–Crippen LogP) is 10.7. The maximum atomic E-state index is 2.67. The minimum Gasteiger partial charge on any atom is -0.337 e. The molecular formula is C42H37N. The van der Waals surface area contributed by atoms with Gasteiger partial charge < -0.3 is 4.90 Å². The molecule has 9 rings (SSSR count). The van der Waals surface area contributed by atoms with Crippen LogP contribution in [-0.4, -0.2) is 6.04 Å². The third kappa shape index (κ3) is 4.05. The van der Waals surface area contributed by atoms with Gasteiger partial charge in [-0.25, -0.2) is 0 Å². The lowest BCUT2D eigenvalue weighted by Crippen LogP contribution is -2.33. The summed E-state index contributed by atoms with van der Waals surface area (Å²) in [5.74, 6) is 0.447. The molecule has 1 heterocycles. The Bertz CT molecular complexity index is 1910. The van der Waals surface area contributed by atoms with Gasteiger partial charge in [0.15, 0.2) is 0 Å². The number of hydrogen-bond acceptors (Lipinski definition) is 1. The van der Waals surface area contributed by atoms with E-state index in [1.165, 1.54) is 75.5 Å². The summed E-state index contributed by atoms with van der Waals surface area (Å²) >= 11 is 0. The summed E-state index contributed by atoms with van der Waals surface area (Å²) in [6.45, 7) is 0. The van der Waals surface area contributed by atoms with E-state index in [1.54, 1.807) is 22.4 Å². The van der Waals surface area contributed by atoms with E-state index in [9.17, 15) is 0 Å². The molecule has 0 fully saturated rings. The molecule has 2 atom stereocenters. The van der Waals surface area contributed by atoms with Crippen LogP contribution < -0.4 is 4.90 Å². The molecule has 5 aliphatic rings. The molecule has 0 spiro atoms. The summed E-state index contributed by atoms with van der Waals surface area (Å²) in [6, 6.07) is 27.7. The first kappa shape index (κ1) is 25.2. The van der Waals surface area contributed by atoms with Gasteiger partial charge in [-0.05, 0) is 130 Å². The Morgan fingerprint density at radius 2 is 1.35 bits per heavy atom.